The third-order valence-electron chi connectivity index (χ3n) is 5.03. The summed E-state index contributed by atoms with van der Waals surface area (Å²) >= 11 is 20.1. The van der Waals surface area contributed by atoms with Crippen LogP contribution in [-0.2, 0) is 17.8 Å². The van der Waals surface area contributed by atoms with Crippen molar-refractivity contribution in [1.29, 1.82) is 0 Å². The van der Waals surface area contributed by atoms with Crippen LogP contribution < -0.4 is 4.74 Å². The monoisotopic (exact) mass is 639 g/mol. The minimum absolute atomic E-state index is 0.258. The van der Waals surface area contributed by atoms with Gasteiger partial charge in [0.25, 0.3) is 11.1 Å². The molecule has 1 heterocycles. The number of hydrogen-bond acceptors (Lipinski definition) is 4. The lowest BCUT2D eigenvalue weighted by atomic mass is 10.1. The van der Waals surface area contributed by atoms with Crippen LogP contribution in [0.3, 0.4) is 0 Å². The molecule has 0 bridgehead atoms. The maximum absolute atomic E-state index is 12.8. The molecular formula is C25H17Br2Cl2NO3S. The quantitative estimate of drug-likeness (QED) is 0.243. The Morgan fingerprint density at radius 1 is 0.912 bits per heavy atom. The number of amides is 2. The first kappa shape index (κ1) is 25.3. The maximum Gasteiger partial charge on any atom is 0.293 e. The van der Waals surface area contributed by atoms with E-state index in [4.69, 9.17) is 27.9 Å². The molecule has 174 valence electrons. The molecule has 0 aromatic heterocycles. The van der Waals surface area contributed by atoms with E-state index in [9.17, 15) is 9.59 Å². The van der Waals surface area contributed by atoms with Crippen LogP contribution in [0.2, 0.25) is 10.0 Å². The number of ether oxygens (including phenoxy) is 1. The van der Waals surface area contributed by atoms with Crippen molar-refractivity contribution in [2.75, 3.05) is 6.54 Å². The van der Waals surface area contributed by atoms with Crippen molar-refractivity contribution < 1.29 is 14.3 Å². The maximum atomic E-state index is 12.8. The lowest BCUT2D eigenvalue weighted by Gasteiger charge is -2.13. The van der Waals surface area contributed by atoms with Crippen LogP contribution in [0.1, 0.15) is 16.7 Å². The van der Waals surface area contributed by atoms with Crippen molar-refractivity contribution in [3.05, 3.63) is 101 Å². The average molecular weight is 642 g/mol. The third kappa shape index (κ3) is 6.07. The van der Waals surface area contributed by atoms with Crippen LogP contribution in [0.25, 0.3) is 6.08 Å². The Hall–Kier alpha value is -1.77. The predicted octanol–water partition coefficient (Wildman–Crippen LogP) is 8.38. The van der Waals surface area contributed by atoms with Crippen molar-refractivity contribution >= 4 is 84.0 Å². The molecule has 1 fully saturated rings. The Morgan fingerprint density at radius 2 is 1.62 bits per heavy atom. The number of thioether (sulfide) groups is 1. The van der Waals surface area contributed by atoms with Gasteiger partial charge in [0.15, 0.2) is 0 Å². The second-order valence-corrected chi connectivity index (χ2v) is 10.9. The molecule has 1 saturated heterocycles. The number of benzene rings is 3. The fourth-order valence-corrected chi connectivity index (χ4v) is 5.95. The van der Waals surface area contributed by atoms with Gasteiger partial charge in [0.05, 0.1) is 23.9 Å². The molecule has 4 rings (SSSR count). The van der Waals surface area contributed by atoms with Crippen LogP contribution in [-0.4, -0.2) is 22.6 Å². The molecule has 0 N–H and O–H groups in total. The van der Waals surface area contributed by atoms with Gasteiger partial charge in [-0.15, -0.1) is 0 Å². The molecule has 0 saturated carbocycles. The topological polar surface area (TPSA) is 46.6 Å². The highest BCUT2D eigenvalue weighted by Crippen LogP contribution is 2.38. The highest BCUT2D eigenvalue weighted by Gasteiger charge is 2.34. The second-order valence-electron chi connectivity index (χ2n) is 7.42. The summed E-state index contributed by atoms with van der Waals surface area (Å²) in [5, 5.41) is 0.697. The van der Waals surface area contributed by atoms with E-state index in [0.717, 1.165) is 28.5 Å². The fraction of sp³-hybridized carbons (Fsp3) is 0.120. The number of rotatable bonds is 7. The fourth-order valence-electron chi connectivity index (χ4n) is 3.32. The number of carbonyl (C=O) groups is 2. The van der Waals surface area contributed by atoms with Gasteiger partial charge in [-0.05, 0) is 97.1 Å². The molecule has 0 spiro atoms. The molecule has 3 aromatic rings. The normalized spacial score (nSPS) is 14.8. The Bertz CT molecular complexity index is 1260. The summed E-state index contributed by atoms with van der Waals surface area (Å²) in [5.74, 6) is 0.331. The molecule has 0 aliphatic carbocycles. The molecule has 9 heteroatoms. The zero-order valence-electron chi connectivity index (χ0n) is 17.6. The minimum atomic E-state index is -0.280. The number of halogens is 4. The number of imide groups is 1. The summed E-state index contributed by atoms with van der Waals surface area (Å²) in [7, 11) is 0. The molecule has 0 atom stereocenters. The minimum Gasteiger partial charge on any atom is -0.487 e. The highest BCUT2D eigenvalue weighted by atomic mass is 79.9. The van der Waals surface area contributed by atoms with E-state index in [-0.39, 0.29) is 11.1 Å². The van der Waals surface area contributed by atoms with Gasteiger partial charge in [0.2, 0.25) is 0 Å². The first-order valence-corrected chi connectivity index (χ1v) is 13.3. The van der Waals surface area contributed by atoms with Gasteiger partial charge >= 0.3 is 0 Å². The summed E-state index contributed by atoms with van der Waals surface area (Å²) < 4.78 is 7.36. The Morgan fingerprint density at radius 3 is 2.29 bits per heavy atom. The summed E-state index contributed by atoms with van der Waals surface area (Å²) in [6, 6.07) is 18.8. The van der Waals surface area contributed by atoms with Gasteiger partial charge in [0, 0.05) is 6.54 Å². The number of hydrogen-bond donors (Lipinski definition) is 0. The standard InChI is InChI=1S/C25H17Br2Cl2NO3S/c26-18-10-17(11-19(27)23(18)33-14-16-6-7-20(28)21(29)12-16)13-22-24(31)30(25(32)34-22)9-8-15-4-2-1-3-5-15/h1-7,10-13H,8-9,14H2/b22-13-. The molecule has 1 aliphatic rings. The van der Waals surface area contributed by atoms with Crippen LogP contribution in [0.4, 0.5) is 4.79 Å². The van der Waals surface area contributed by atoms with E-state index in [0.29, 0.717) is 49.2 Å². The van der Waals surface area contributed by atoms with Crippen LogP contribution in [0.5, 0.6) is 5.75 Å². The smallest absolute Gasteiger partial charge is 0.293 e. The highest BCUT2D eigenvalue weighted by molar-refractivity contribution is 9.11. The van der Waals surface area contributed by atoms with Gasteiger partial charge in [-0.3, -0.25) is 14.5 Å². The van der Waals surface area contributed by atoms with Crippen molar-refractivity contribution in [1.82, 2.24) is 4.90 Å². The van der Waals surface area contributed by atoms with Crippen LogP contribution >= 0.6 is 66.8 Å². The van der Waals surface area contributed by atoms with Gasteiger partial charge in [-0.25, -0.2) is 0 Å². The van der Waals surface area contributed by atoms with Crippen molar-refractivity contribution in [3.63, 3.8) is 0 Å². The third-order valence-corrected chi connectivity index (χ3v) is 7.85. The molecule has 1 aliphatic heterocycles. The number of carbonyl (C=O) groups excluding carboxylic acids is 2. The van der Waals surface area contributed by atoms with Gasteiger partial charge in [-0.1, -0.05) is 59.6 Å². The summed E-state index contributed by atoms with van der Waals surface area (Å²) in [6.07, 6.45) is 2.33. The summed E-state index contributed by atoms with van der Waals surface area (Å²) in [6.45, 7) is 0.647. The van der Waals surface area contributed by atoms with Crippen molar-refractivity contribution in [2.45, 2.75) is 13.0 Å². The molecule has 4 nitrogen and oxygen atoms in total. The van der Waals surface area contributed by atoms with Gasteiger partial charge < -0.3 is 4.74 Å². The molecular weight excluding hydrogens is 625 g/mol. The van der Waals surface area contributed by atoms with Gasteiger partial charge in [0.1, 0.15) is 12.4 Å². The van der Waals surface area contributed by atoms with E-state index in [1.54, 1.807) is 18.2 Å². The molecule has 34 heavy (non-hydrogen) atoms. The summed E-state index contributed by atoms with van der Waals surface area (Å²) in [4.78, 5) is 27.0. The molecule has 0 unspecified atom stereocenters. The predicted molar refractivity (Wildman–Crippen MR) is 145 cm³/mol. The Labute approximate surface area is 228 Å². The largest absolute Gasteiger partial charge is 0.487 e. The van der Waals surface area contributed by atoms with E-state index < -0.39 is 0 Å². The van der Waals surface area contributed by atoms with Crippen LogP contribution in [0, 0.1) is 0 Å². The lowest BCUT2D eigenvalue weighted by Crippen LogP contribution is -2.30. The lowest BCUT2D eigenvalue weighted by molar-refractivity contribution is -0.122. The van der Waals surface area contributed by atoms with Gasteiger partial charge in [-0.2, -0.15) is 0 Å². The van der Waals surface area contributed by atoms with E-state index in [1.807, 2.05) is 48.5 Å². The second kappa shape index (κ2) is 11.3. The van der Waals surface area contributed by atoms with Crippen LogP contribution in [0.15, 0.2) is 74.5 Å². The molecule has 0 radical (unpaired) electrons. The first-order chi connectivity index (χ1) is 16.3. The zero-order chi connectivity index (χ0) is 24.2. The molecule has 2 amide bonds. The van der Waals surface area contributed by atoms with Crippen molar-refractivity contribution in [3.8, 4) is 5.75 Å². The number of nitrogens with zero attached hydrogens (tertiary/aromatic N) is 1. The zero-order valence-corrected chi connectivity index (χ0v) is 23.1. The van der Waals surface area contributed by atoms with E-state index in [1.165, 1.54) is 4.90 Å². The van der Waals surface area contributed by atoms with E-state index in [2.05, 4.69) is 31.9 Å². The summed E-state index contributed by atoms with van der Waals surface area (Å²) in [5.41, 5.74) is 2.71. The SMILES string of the molecule is O=C1S/C(=C\c2cc(Br)c(OCc3ccc(Cl)c(Cl)c3)c(Br)c2)C(=O)N1CCc1ccccc1. The Balaban J connectivity index is 1.45. The van der Waals surface area contributed by atoms with Crippen molar-refractivity contribution in [2.24, 2.45) is 0 Å². The molecule has 3 aromatic carbocycles. The Kier molecular flexibility index (Phi) is 8.43. The average Bonchev–Trinajstić information content (AvgIpc) is 3.07. The first-order valence-electron chi connectivity index (χ1n) is 10.2. The van der Waals surface area contributed by atoms with E-state index >= 15 is 0 Å².